The summed E-state index contributed by atoms with van der Waals surface area (Å²) in [6, 6.07) is 9.71. The lowest BCUT2D eigenvalue weighted by molar-refractivity contribution is -0.00737. The molecule has 168 valence electrons. The van der Waals surface area contributed by atoms with E-state index in [4.69, 9.17) is 28.1 Å². The van der Waals surface area contributed by atoms with Crippen molar-refractivity contribution < 1.29 is 28.1 Å². The van der Waals surface area contributed by atoms with Crippen LogP contribution < -0.4 is 4.74 Å². The number of hydrogen-bond donors (Lipinski definition) is 0. The molecular formula is C22H40O6Si. The van der Waals surface area contributed by atoms with Gasteiger partial charge in [0.05, 0.1) is 59.5 Å². The molecule has 1 rings (SSSR count). The molecule has 1 aromatic rings. The van der Waals surface area contributed by atoms with Crippen LogP contribution in [0.3, 0.4) is 0 Å². The summed E-state index contributed by atoms with van der Waals surface area (Å²) in [5.41, 5.74) is 0. The quantitative estimate of drug-likeness (QED) is 0.274. The van der Waals surface area contributed by atoms with E-state index in [1.807, 2.05) is 30.3 Å². The summed E-state index contributed by atoms with van der Waals surface area (Å²) in [7, 11) is -1.67. The van der Waals surface area contributed by atoms with Gasteiger partial charge in [-0.05, 0) is 30.3 Å². The van der Waals surface area contributed by atoms with Crippen LogP contribution in [0.5, 0.6) is 5.75 Å². The van der Waals surface area contributed by atoms with Gasteiger partial charge in [-0.2, -0.15) is 0 Å². The van der Waals surface area contributed by atoms with Gasteiger partial charge in [-0.3, -0.25) is 0 Å². The summed E-state index contributed by atoms with van der Waals surface area (Å²) in [4.78, 5) is 0. The highest BCUT2D eigenvalue weighted by Gasteiger charge is 2.36. The molecule has 0 saturated heterocycles. The molecule has 0 fully saturated rings. The average Bonchev–Trinajstić information content (AvgIpc) is 2.67. The molecule has 29 heavy (non-hydrogen) atoms. The molecule has 0 unspecified atom stereocenters. The predicted molar refractivity (Wildman–Crippen MR) is 118 cm³/mol. The van der Waals surface area contributed by atoms with Crippen molar-refractivity contribution in [1.82, 2.24) is 0 Å². The van der Waals surface area contributed by atoms with Crippen LogP contribution in [0, 0.1) is 0 Å². The van der Waals surface area contributed by atoms with E-state index in [-0.39, 0.29) is 5.04 Å². The molecule has 1 aromatic carbocycles. The van der Waals surface area contributed by atoms with E-state index in [0.717, 1.165) is 5.75 Å². The van der Waals surface area contributed by atoms with Crippen molar-refractivity contribution in [3.8, 4) is 5.75 Å². The summed E-state index contributed by atoms with van der Waals surface area (Å²) >= 11 is 0. The van der Waals surface area contributed by atoms with Crippen LogP contribution in [0.15, 0.2) is 30.3 Å². The fourth-order valence-corrected chi connectivity index (χ4v) is 3.10. The minimum absolute atomic E-state index is 0.233. The molecule has 0 bridgehead atoms. The van der Waals surface area contributed by atoms with Crippen LogP contribution in [-0.4, -0.2) is 74.4 Å². The van der Waals surface area contributed by atoms with Crippen LogP contribution in [0.4, 0.5) is 0 Å². The maximum Gasteiger partial charge on any atom is 0.192 e. The third kappa shape index (κ3) is 13.1. The molecule has 0 heterocycles. The molecule has 0 radical (unpaired) electrons. The Kier molecular flexibility index (Phi) is 13.4. The fraction of sp³-hybridized carbons (Fsp3) is 0.727. The van der Waals surface area contributed by atoms with Crippen molar-refractivity contribution in [2.45, 2.75) is 38.9 Å². The highest BCUT2D eigenvalue weighted by atomic mass is 28.4. The second-order valence-electron chi connectivity index (χ2n) is 8.22. The van der Waals surface area contributed by atoms with Crippen LogP contribution in [-0.2, 0) is 23.4 Å². The molecule has 0 aliphatic carbocycles. The van der Waals surface area contributed by atoms with Crippen molar-refractivity contribution >= 4 is 8.32 Å². The van der Waals surface area contributed by atoms with Gasteiger partial charge in [-0.15, -0.1) is 0 Å². The normalized spacial score (nSPS) is 12.3. The van der Waals surface area contributed by atoms with Gasteiger partial charge in [-0.25, -0.2) is 0 Å². The Morgan fingerprint density at radius 2 is 1.03 bits per heavy atom. The maximum atomic E-state index is 6.06. The summed E-state index contributed by atoms with van der Waals surface area (Å²) in [5, 5.41) is 0.233. The van der Waals surface area contributed by atoms with Crippen LogP contribution in [0.1, 0.15) is 20.8 Å². The molecule has 0 aliphatic rings. The van der Waals surface area contributed by atoms with Gasteiger partial charge in [0.1, 0.15) is 12.4 Å². The van der Waals surface area contributed by atoms with Gasteiger partial charge in [0.2, 0.25) is 0 Å². The Morgan fingerprint density at radius 3 is 1.48 bits per heavy atom. The summed E-state index contributed by atoms with van der Waals surface area (Å²) in [6.45, 7) is 16.9. The second kappa shape index (κ2) is 14.9. The molecular weight excluding hydrogens is 388 g/mol. The molecule has 7 heteroatoms. The summed E-state index contributed by atoms with van der Waals surface area (Å²) < 4.78 is 33.6. The van der Waals surface area contributed by atoms with Gasteiger partial charge in [0, 0.05) is 0 Å². The molecule has 0 atom stereocenters. The van der Waals surface area contributed by atoms with Gasteiger partial charge in [0.15, 0.2) is 8.32 Å². The van der Waals surface area contributed by atoms with Crippen LogP contribution in [0.2, 0.25) is 18.1 Å². The first kappa shape index (κ1) is 26.1. The molecule has 0 amide bonds. The summed E-state index contributed by atoms with van der Waals surface area (Å²) in [6.07, 6.45) is 0. The van der Waals surface area contributed by atoms with E-state index in [1.165, 1.54) is 0 Å². The lowest BCUT2D eigenvalue weighted by Crippen LogP contribution is -2.41. The highest BCUT2D eigenvalue weighted by molar-refractivity contribution is 6.74. The lowest BCUT2D eigenvalue weighted by atomic mass is 10.2. The number of benzene rings is 1. The Balaban J connectivity index is 1.78. The Morgan fingerprint density at radius 1 is 0.621 bits per heavy atom. The number of rotatable bonds is 17. The van der Waals surface area contributed by atoms with Gasteiger partial charge in [-0.1, -0.05) is 39.0 Å². The maximum absolute atomic E-state index is 6.06. The van der Waals surface area contributed by atoms with Crippen LogP contribution >= 0.6 is 0 Å². The lowest BCUT2D eigenvalue weighted by Gasteiger charge is -2.36. The fourth-order valence-electron chi connectivity index (χ4n) is 2.07. The predicted octanol–water partition coefficient (Wildman–Crippen LogP) is 4.15. The zero-order chi connectivity index (χ0) is 21.4. The van der Waals surface area contributed by atoms with Crippen LogP contribution in [0.25, 0.3) is 0 Å². The number of hydrogen-bond acceptors (Lipinski definition) is 6. The Bertz CT molecular complexity index is 504. The van der Waals surface area contributed by atoms with Crippen molar-refractivity contribution in [3.05, 3.63) is 30.3 Å². The zero-order valence-corrected chi connectivity index (χ0v) is 19.9. The molecule has 0 N–H and O–H groups in total. The van der Waals surface area contributed by atoms with E-state index in [1.54, 1.807) is 0 Å². The standard InChI is InChI=1S/C22H40O6Si/c1-22(2,3)29(4,5)28-20-18-26-16-14-24-12-11-23-13-15-25-17-19-27-21-9-7-6-8-10-21/h6-10H,11-20H2,1-5H3. The first-order valence-corrected chi connectivity index (χ1v) is 13.4. The summed E-state index contributed by atoms with van der Waals surface area (Å²) in [5.74, 6) is 0.858. The third-order valence-corrected chi connectivity index (χ3v) is 9.39. The van der Waals surface area contributed by atoms with E-state index < -0.39 is 8.32 Å². The van der Waals surface area contributed by atoms with Crippen molar-refractivity contribution in [3.63, 3.8) is 0 Å². The average molecular weight is 429 g/mol. The van der Waals surface area contributed by atoms with E-state index in [0.29, 0.717) is 66.1 Å². The SMILES string of the molecule is CC(C)(C)[Si](C)(C)OCCOCCOCCOCCOCCOc1ccccc1. The Labute approximate surface area is 177 Å². The largest absolute Gasteiger partial charge is 0.491 e. The van der Waals surface area contributed by atoms with E-state index in [2.05, 4.69) is 33.9 Å². The number of ether oxygens (including phenoxy) is 5. The smallest absolute Gasteiger partial charge is 0.192 e. The topological polar surface area (TPSA) is 55.4 Å². The highest BCUT2D eigenvalue weighted by Crippen LogP contribution is 2.36. The molecule has 6 nitrogen and oxygen atoms in total. The number of para-hydroxylation sites is 1. The zero-order valence-electron chi connectivity index (χ0n) is 18.9. The van der Waals surface area contributed by atoms with Gasteiger partial charge >= 0.3 is 0 Å². The monoisotopic (exact) mass is 428 g/mol. The molecule has 0 saturated carbocycles. The first-order chi connectivity index (χ1) is 13.8. The van der Waals surface area contributed by atoms with E-state index in [9.17, 15) is 0 Å². The molecule has 0 spiro atoms. The second-order valence-corrected chi connectivity index (χ2v) is 13.0. The van der Waals surface area contributed by atoms with E-state index >= 15 is 0 Å². The van der Waals surface area contributed by atoms with Crippen molar-refractivity contribution in [1.29, 1.82) is 0 Å². The first-order valence-electron chi connectivity index (χ1n) is 10.5. The third-order valence-electron chi connectivity index (χ3n) is 4.85. The molecule has 0 aromatic heterocycles. The van der Waals surface area contributed by atoms with Crippen molar-refractivity contribution in [2.75, 3.05) is 66.1 Å². The van der Waals surface area contributed by atoms with Gasteiger partial charge in [0.25, 0.3) is 0 Å². The minimum atomic E-state index is -1.67. The minimum Gasteiger partial charge on any atom is -0.491 e. The van der Waals surface area contributed by atoms with Crippen molar-refractivity contribution in [2.24, 2.45) is 0 Å². The molecule has 0 aliphatic heterocycles. The Hall–Kier alpha value is -0.963. The van der Waals surface area contributed by atoms with Gasteiger partial charge < -0.3 is 28.1 Å².